The van der Waals surface area contributed by atoms with Crippen molar-refractivity contribution in [3.8, 4) is 11.6 Å². The van der Waals surface area contributed by atoms with Crippen LogP contribution < -0.4 is 20.8 Å². The summed E-state index contributed by atoms with van der Waals surface area (Å²) >= 11 is 5.96. The Bertz CT molecular complexity index is 1500. The van der Waals surface area contributed by atoms with E-state index in [9.17, 15) is 9.90 Å². The van der Waals surface area contributed by atoms with Crippen LogP contribution in [0.1, 0.15) is 11.1 Å². The van der Waals surface area contributed by atoms with Gasteiger partial charge in [-0.1, -0.05) is 35.9 Å². The Kier molecular flexibility index (Phi) is 5.32. The molecule has 0 spiro atoms. The molecular formula is C25H19ClN4O3. The predicted octanol–water partition coefficient (Wildman–Crippen LogP) is 3.47. The summed E-state index contributed by atoms with van der Waals surface area (Å²) in [6.07, 6.45) is 0. The highest BCUT2D eigenvalue weighted by molar-refractivity contribution is 6.30. The van der Waals surface area contributed by atoms with Gasteiger partial charge in [-0.2, -0.15) is 0 Å². The van der Waals surface area contributed by atoms with Gasteiger partial charge >= 0.3 is 0 Å². The molecule has 8 heteroatoms. The third-order valence-corrected chi connectivity index (χ3v) is 5.64. The van der Waals surface area contributed by atoms with Crippen molar-refractivity contribution in [3.05, 3.63) is 99.4 Å². The number of methoxy groups -OCH3 is 1. The molecule has 3 N–H and O–H groups in total. The second-order valence-electron chi connectivity index (χ2n) is 7.48. The van der Waals surface area contributed by atoms with Gasteiger partial charge in [-0.15, -0.1) is 0 Å². The number of para-hydroxylation sites is 2. The lowest BCUT2D eigenvalue weighted by atomic mass is 10.0. The van der Waals surface area contributed by atoms with Crippen molar-refractivity contribution in [2.75, 3.05) is 7.11 Å². The molecule has 164 valence electrons. The summed E-state index contributed by atoms with van der Waals surface area (Å²) in [5.41, 5.74) is 2.01. The van der Waals surface area contributed by atoms with Gasteiger partial charge in [-0.25, -0.2) is 9.98 Å². The number of hydrogen-bond acceptors (Lipinski definition) is 5. The second-order valence-corrected chi connectivity index (χ2v) is 7.92. The molecule has 1 aliphatic heterocycles. The molecule has 33 heavy (non-hydrogen) atoms. The molecule has 0 bridgehead atoms. The fourth-order valence-corrected chi connectivity index (χ4v) is 3.88. The fraction of sp³-hybridized carbons (Fsp3) is 0.0800. The van der Waals surface area contributed by atoms with E-state index in [4.69, 9.17) is 16.3 Å². The maximum absolute atomic E-state index is 13.5. The normalized spacial score (nSPS) is 12.1. The van der Waals surface area contributed by atoms with Gasteiger partial charge in [-0.3, -0.25) is 4.79 Å². The maximum Gasteiger partial charge on any atom is 0.256 e. The quantitative estimate of drug-likeness (QED) is 0.399. The third-order valence-electron chi connectivity index (χ3n) is 5.39. The summed E-state index contributed by atoms with van der Waals surface area (Å²) in [4.78, 5) is 25.6. The van der Waals surface area contributed by atoms with Gasteiger partial charge < -0.3 is 20.1 Å². The number of aromatic amines is 1. The maximum atomic E-state index is 13.5. The van der Waals surface area contributed by atoms with Crippen molar-refractivity contribution < 1.29 is 14.6 Å². The minimum absolute atomic E-state index is 0.149. The highest BCUT2D eigenvalue weighted by Crippen LogP contribution is 2.37. The zero-order valence-corrected chi connectivity index (χ0v) is 18.3. The van der Waals surface area contributed by atoms with Crippen molar-refractivity contribution in [1.82, 2.24) is 10.3 Å². The fourth-order valence-electron chi connectivity index (χ4n) is 3.75. The van der Waals surface area contributed by atoms with Crippen molar-refractivity contribution in [1.29, 1.82) is 0 Å². The number of fused-ring (bicyclic) bond motifs is 2. The number of halogens is 1. The molecule has 0 radical (unpaired) electrons. The summed E-state index contributed by atoms with van der Waals surface area (Å²) in [6, 6.07) is 19.9. The molecule has 0 aliphatic carbocycles. The molecule has 0 saturated heterocycles. The summed E-state index contributed by atoms with van der Waals surface area (Å²) in [5.74, 6) is 0.254. The minimum atomic E-state index is -0.417. The minimum Gasteiger partial charge on any atom is -0.497 e. The van der Waals surface area contributed by atoms with Crippen LogP contribution in [0.15, 0.2) is 82.5 Å². The molecule has 3 aromatic carbocycles. The van der Waals surface area contributed by atoms with Crippen LogP contribution in [-0.4, -0.2) is 23.1 Å². The first-order valence-electron chi connectivity index (χ1n) is 10.2. The lowest BCUT2D eigenvalue weighted by molar-refractivity contribution is -0.115. The zero-order chi connectivity index (χ0) is 22.9. The summed E-state index contributed by atoms with van der Waals surface area (Å²) in [7, 11) is 1.56. The van der Waals surface area contributed by atoms with Gasteiger partial charge in [0, 0.05) is 22.5 Å². The summed E-state index contributed by atoms with van der Waals surface area (Å²) in [6.45, 7) is 0.270. The molecule has 1 aliphatic rings. The Balaban J connectivity index is 1.65. The number of aromatic hydroxyl groups is 1. The number of amides is 1. The number of benzene rings is 3. The highest BCUT2D eigenvalue weighted by atomic mass is 35.5. The standard InChI is InChI=1S/C25H19ClN4O3/c1-33-16-10-11-18-17(12-16)21(25(32)30-18)22(23-28-19-4-2-3-5-20(19)29-23)24(31)27-13-14-6-8-15(26)9-7-14/h2-12,30,32H,13H2,1H3,(H,27,31). The molecule has 1 amide bonds. The first-order chi connectivity index (χ1) is 16.0. The number of hydrogen-bond donors (Lipinski definition) is 3. The lowest BCUT2D eigenvalue weighted by Gasteiger charge is -2.11. The lowest BCUT2D eigenvalue weighted by Crippen LogP contribution is -2.24. The average Bonchev–Trinajstić information content (AvgIpc) is 3.39. The van der Waals surface area contributed by atoms with Crippen LogP contribution in [-0.2, 0) is 11.3 Å². The molecule has 2 heterocycles. The summed E-state index contributed by atoms with van der Waals surface area (Å²) < 4.78 is 5.35. The van der Waals surface area contributed by atoms with Crippen LogP contribution >= 0.6 is 11.6 Å². The van der Waals surface area contributed by atoms with Crippen LogP contribution in [0.5, 0.6) is 11.6 Å². The van der Waals surface area contributed by atoms with Crippen LogP contribution in [0.3, 0.4) is 0 Å². The van der Waals surface area contributed by atoms with Crippen LogP contribution in [0.2, 0.25) is 5.02 Å². The van der Waals surface area contributed by atoms with Gasteiger partial charge in [0.1, 0.15) is 5.75 Å². The number of ether oxygens (including phenoxy) is 1. The molecule has 0 saturated carbocycles. The molecule has 7 nitrogen and oxygen atoms in total. The Morgan fingerprint density at radius 1 is 1.06 bits per heavy atom. The summed E-state index contributed by atoms with van der Waals surface area (Å²) in [5, 5.41) is 16.3. The highest BCUT2D eigenvalue weighted by Gasteiger charge is 2.26. The topological polar surface area (TPSA) is 99.1 Å². The Labute approximate surface area is 193 Å². The van der Waals surface area contributed by atoms with Crippen molar-refractivity contribution in [2.45, 2.75) is 6.54 Å². The molecular weight excluding hydrogens is 440 g/mol. The van der Waals surface area contributed by atoms with E-state index < -0.39 is 5.91 Å². The Morgan fingerprint density at radius 2 is 1.76 bits per heavy atom. The SMILES string of the molecule is COc1ccc2[nH]c(O)c(C(C(=O)NCc3ccc(Cl)cc3)=C3N=c4ccccc4=N3)c2c1. The van der Waals surface area contributed by atoms with E-state index >= 15 is 0 Å². The first kappa shape index (κ1) is 20.8. The molecule has 1 aromatic heterocycles. The zero-order valence-electron chi connectivity index (χ0n) is 17.6. The van der Waals surface area contributed by atoms with Gasteiger partial charge in [0.15, 0.2) is 11.7 Å². The van der Waals surface area contributed by atoms with E-state index in [1.165, 1.54) is 0 Å². The van der Waals surface area contributed by atoms with Crippen LogP contribution in [0.4, 0.5) is 0 Å². The van der Waals surface area contributed by atoms with Crippen LogP contribution in [0.25, 0.3) is 16.5 Å². The number of nitrogens with one attached hydrogen (secondary N) is 2. The van der Waals surface area contributed by atoms with Crippen molar-refractivity contribution >= 4 is 34.0 Å². The molecule has 5 rings (SSSR count). The van der Waals surface area contributed by atoms with Crippen molar-refractivity contribution in [3.63, 3.8) is 0 Å². The molecule has 0 unspecified atom stereocenters. The Morgan fingerprint density at radius 3 is 2.42 bits per heavy atom. The molecule has 0 fully saturated rings. The average molecular weight is 459 g/mol. The third kappa shape index (κ3) is 3.94. The van der Waals surface area contributed by atoms with Crippen molar-refractivity contribution in [2.24, 2.45) is 9.98 Å². The van der Waals surface area contributed by atoms with Gasteiger partial charge in [0.05, 0.1) is 29.0 Å². The first-order valence-corrected chi connectivity index (χ1v) is 10.6. The number of H-pyrrole nitrogens is 1. The molecule has 4 aromatic rings. The number of rotatable bonds is 5. The smallest absolute Gasteiger partial charge is 0.256 e. The van der Waals surface area contributed by atoms with E-state index in [0.29, 0.717) is 38.0 Å². The van der Waals surface area contributed by atoms with Gasteiger partial charge in [0.25, 0.3) is 5.91 Å². The van der Waals surface area contributed by atoms with E-state index in [2.05, 4.69) is 20.3 Å². The molecule has 0 atom stereocenters. The number of aromatic nitrogens is 1. The van der Waals surface area contributed by atoms with E-state index in [0.717, 1.165) is 5.56 Å². The van der Waals surface area contributed by atoms with Gasteiger partial charge in [-0.05, 0) is 48.0 Å². The number of carbonyl (C=O) groups is 1. The predicted molar refractivity (Wildman–Crippen MR) is 125 cm³/mol. The van der Waals surface area contributed by atoms with Gasteiger partial charge in [0.2, 0.25) is 0 Å². The number of nitrogens with zero attached hydrogens (tertiary/aromatic N) is 2. The second kappa shape index (κ2) is 8.44. The van der Waals surface area contributed by atoms with E-state index in [-0.39, 0.29) is 23.8 Å². The number of carbonyl (C=O) groups excluding carboxylic acids is 1. The Hall–Kier alpha value is -4.10. The largest absolute Gasteiger partial charge is 0.497 e. The van der Waals surface area contributed by atoms with E-state index in [1.807, 2.05) is 36.4 Å². The van der Waals surface area contributed by atoms with Crippen LogP contribution in [0, 0.1) is 0 Å². The monoisotopic (exact) mass is 458 g/mol. The van der Waals surface area contributed by atoms with E-state index in [1.54, 1.807) is 37.4 Å².